The van der Waals surface area contributed by atoms with E-state index in [-0.39, 0.29) is 39.5 Å². The monoisotopic (exact) mass is 515 g/mol. The molecule has 0 bridgehead atoms. The van der Waals surface area contributed by atoms with Gasteiger partial charge in [-0.15, -0.1) is 0 Å². The number of nitrogens with zero attached hydrogens (tertiary/aromatic N) is 1. The average Bonchev–Trinajstić information content (AvgIpc) is 2.74. The smallest absolute Gasteiger partial charge is 0.377 e. The number of hydrogen-bond acceptors (Lipinski definition) is 11. The second kappa shape index (κ2) is 17.1. The van der Waals surface area contributed by atoms with Gasteiger partial charge in [-0.2, -0.15) is 0 Å². The van der Waals surface area contributed by atoms with E-state index in [1.165, 1.54) is 4.90 Å². The molecule has 0 fully saturated rings. The Morgan fingerprint density at radius 3 is 1.20 bits per heavy atom. The molecule has 5 N–H and O–H groups in total. The van der Waals surface area contributed by atoms with Gasteiger partial charge in [0, 0.05) is 24.2 Å². The number of rotatable bonds is 21. The van der Waals surface area contributed by atoms with Crippen LogP contribution in [0.1, 0.15) is 19.3 Å². The summed E-state index contributed by atoms with van der Waals surface area (Å²) in [6.45, 7) is -1.33. The average molecular weight is 515 g/mol. The van der Waals surface area contributed by atoms with Crippen LogP contribution in [0.5, 0.6) is 0 Å². The van der Waals surface area contributed by atoms with Gasteiger partial charge >= 0.3 is 35.8 Å². The van der Waals surface area contributed by atoms with Crippen LogP contribution in [-0.4, -0.2) is 124 Å². The lowest BCUT2D eigenvalue weighted by atomic mass is 10.2. The number of ether oxygens (including phenoxy) is 3. The molecule has 0 rings (SSSR count). The summed E-state index contributed by atoms with van der Waals surface area (Å²) in [5, 5.41) is 44.2. The van der Waals surface area contributed by atoms with Crippen molar-refractivity contribution in [2.24, 2.45) is 0 Å². The van der Waals surface area contributed by atoms with E-state index in [1.807, 2.05) is 0 Å². The lowest BCUT2D eigenvalue weighted by Gasteiger charge is -2.24. The molecule has 0 aliphatic rings. The Hall–Kier alpha value is -3.41. The van der Waals surface area contributed by atoms with Crippen LogP contribution in [0.25, 0.3) is 0 Å². The number of carboxylic acids is 5. The fourth-order valence-electron chi connectivity index (χ4n) is 2.48. The summed E-state index contributed by atoms with van der Waals surface area (Å²) in [5.74, 6) is -8.94. The summed E-state index contributed by atoms with van der Waals surface area (Å²) in [5.41, 5.74) is 0. The minimum atomic E-state index is -1.77. The van der Waals surface area contributed by atoms with Crippen molar-refractivity contribution >= 4 is 35.8 Å². The van der Waals surface area contributed by atoms with Crippen molar-refractivity contribution in [2.45, 2.75) is 37.6 Å². The Bertz CT molecular complexity index is 705. The van der Waals surface area contributed by atoms with Crippen LogP contribution in [0.3, 0.4) is 0 Å². The van der Waals surface area contributed by atoms with Crippen LogP contribution in [0.2, 0.25) is 0 Å². The maximum atomic E-state index is 12.1. The van der Waals surface area contributed by atoms with Crippen molar-refractivity contribution in [3.63, 3.8) is 0 Å². The first-order valence-corrected chi connectivity index (χ1v) is 9.87. The molecule has 0 saturated heterocycles. The van der Waals surface area contributed by atoms with Crippen molar-refractivity contribution in [3.8, 4) is 0 Å². The van der Waals surface area contributed by atoms with E-state index in [9.17, 15) is 33.3 Å². The van der Waals surface area contributed by atoms with Gasteiger partial charge in [0.25, 0.3) is 0 Å². The number of hydrogen-bond donors (Lipinski definition) is 5. The highest BCUT2D eigenvalue weighted by Crippen LogP contribution is 2.05. The molecule has 0 heterocycles. The molecule has 3 unspecified atom stereocenters. The van der Waals surface area contributed by atoms with Gasteiger partial charge in [0.05, 0.1) is 39.1 Å². The van der Waals surface area contributed by atoms with E-state index < -0.39 is 73.4 Å². The van der Waals surface area contributed by atoms with Gasteiger partial charge in [-0.25, -0.2) is 14.4 Å². The molecule has 0 aliphatic carbocycles. The summed E-state index contributed by atoms with van der Waals surface area (Å²) >= 11 is 0. The van der Waals surface area contributed by atoms with Crippen LogP contribution in [0.15, 0.2) is 0 Å². The first-order chi connectivity index (χ1) is 16.4. The maximum Gasteiger partial charge on any atom is 0.377 e. The highest BCUT2D eigenvalue weighted by Gasteiger charge is 2.26. The minimum Gasteiger partial charge on any atom is -0.481 e. The molecule has 16 nitrogen and oxygen atoms in total. The predicted octanol–water partition coefficient (Wildman–Crippen LogP) is -1.53. The molecular formula is C18H26FNO15. The van der Waals surface area contributed by atoms with Gasteiger partial charge in [0.15, 0.2) is 18.3 Å². The summed E-state index contributed by atoms with van der Waals surface area (Å²) in [6, 6.07) is 0. The Morgan fingerprint density at radius 2 is 0.914 bits per heavy atom. The van der Waals surface area contributed by atoms with Crippen LogP contribution >= 0.6 is 0 Å². The fourth-order valence-corrected chi connectivity index (χ4v) is 2.48. The third-order valence-corrected chi connectivity index (χ3v) is 4.15. The molecule has 0 radical (unpaired) electrons. The van der Waals surface area contributed by atoms with E-state index in [4.69, 9.17) is 39.7 Å². The number of carbonyl (C=O) groups excluding carboxylic acids is 1. The van der Waals surface area contributed by atoms with Crippen molar-refractivity contribution < 1.29 is 78.0 Å². The Morgan fingerprint density at radius 1 is 0.600 bits per heavy atom. The van der Waals surface area contributed by atoms with Crippen LogP contribution in [0.4, 0.5) is 4.53 Å². The number of halogens is 1. The second-order valence-electron chi connectivity index (χ2n) is 6.79. The maximum absolute atomic E-state index is 12.1. The number of carboxylic acid groups (broad SMARTS) is 5. The second-order valence-corrected chi connectivity index (χ2v) is 6.79. The van der Waals surface area contributed by atoms with Crippen molar-refractivity contribution in [2.75, 3.05) is 39.5 Å². The summed E-state index contributed by atoms with van der Waals surface area (Å²) in [4.78, 5) is 70.0. The molecule has 0 aromatic heterocycles. The summed E-state index contributed by atoms with van der Waals surface area (Å²) in [6.07, 6.45) is -7.63. The van der Waals surface area contributed by atoms with Crippen molar-refractivity contribution in [3.05, 3.63) is 0 Å². The van der Waals surface area contributed by atoms with Gasteiger partial charge in [0.2, 0.25) is 0 Å². The van der Waals surface area contributed by atoms with Gasteiger partial charge in [0.1, 0.15) is 0 Å². The standard InChI is InChI=1S/C18H26FNO15/c19-35-18(31)12(9-15(25)26)34-6-3-20(1-4-32-10(16(27)28)7-13(21)22)2-5-33-11(17(29)30)8-14(23)24/h10-12H,1-9H2,(H,21,22)(H,23,24)(H,25,26)(H,27,28)(H,29,30). The molecular weight excluding hydrogens is 489 g/mol. The largest absolute Gasteiger partial charge is 0.481 e. The SMILES string of the molecule is O=C(O)CC(OCCN(CCOC(CC(=O)O)C(=O)O)CCOC(CC(=O)O)C(=O)OF)C(=O)O. The highest BCUT2D eigenvalue weighted by atomic mass is 19.3. The number of carbonyl (C=O) groups is 6. The summed E-state index contributed by atoms with van der Waals surface area (Å²) in [7, 11) is 0. The molecule has 0 aromatic carbocycles. The lowest BCUT2D eigenvalue weighted by Crippen LogP contribution is -2.39. The zero-order chi connectivity index (χ0) is 27.0. The van der Waals surface area contributed by atoms with Gasteiger partial charge in [-0.3, -0.25) is 24.2 Å². The van der Waals surface area contributed by atoms with E-state index in [0.717, 1.165) is 0 Å². The first-order valence-electron chi connectivity index (χ1n) is 9.87. The fraction of sp³-hybridized carbons (Fsp3) is 0.667. The van der Waals surface area contributed by atoms with E-state index in [1.54, 1.807) is 0 Å². The quantitative estimate of drug-likeness (QED) is 0.116. The van der Waals surface area contributed by atoms with Crippen LogP contribution < -0.4 is 0 Å². The molecule has 35 heavy (non-hydrogen) atoms. The number of aliphatic carboxylic acids is 5. The Labute approximate surface area is 196 Å². The molecule has 0 aliphatic heterocycles. The van der Waals surface area contributed by atoms with Crippen molar-refractivity contribution in [1.82, 2.24) is 4.90 Å². The predicted molar refractivity (Wildman–Crippen MR) is 105 cm³/mol. The highest BCUT2D eigenvalue weighted by molar-refractivity contribution is 5.81. The third-order valence-electron chi connectivity index (χ3n) is 4.15. The zero-order valence-corrected chi connectivity index (χ0v) is 18.2. The molecule has 17 heteroatoms. The van der Waals surface area contributed by atoms with E-state index in [2.05, 4.69) is 4.94 Å². The lowest BCUT2D eigenvalue weighted by molar-refractivity contribution is -0.198. The van der Waals surface area contributed by atoms with Crippen LogP contribution in [0, 0.1) is 0 Å². The van der Waals surface area contributed by atoms with E-state index >= 15 is 0 Å². The summed E-state index contributed by atoms with van der Waals surface area (Å²) < 4.78 is 27.2. The first kappa shape index (κ1) is 31.6. The van der Waals surface area contributed by atoms with E-state index in [0.29, 0.717) is 0 Å². The van der Waals surface area contributed by atoms with Gasteiger partial charge in [-0.05, 0) is 0 Å². The Balaban J connectivity index is 5.05. The Kier molecular flexibility index (Phi) is 15.4. The zero-order valence-electron chi connectivity index (χ0n) is 18.2. The molecule has 0 saturated carbocycles. The van der Waals surface area contributed by atoms with Crippen LogP contribution in [-0.2, 0) is 47.9 Å². The topological polar surface area (TPSA) is 244 Å². The van der Waals surface area contributed by atoms with Gasteiger partial charge in [-0.1, -0.05) is 0 Å². The molecule has 0 aromatic rings. The van der Waals surface area contributed by atoms with Crippen molar-refractivity contribution in [1.29, 1.82) is 0 Å². The van der Waals surface area contributed by atoms with Gasteiger partial charge < -0.3 is 39.7 Å². The third kappa shape index (κ3) is 15.2. The minimum absolute atomic E-state index is 0.0933. The molecule has 0 amide bonds. The normalized spacial score (nSPS) is 13.5. The molecule has 200 valence electrons. The molecule has 3 atom stereocenters. The molecule has 0 spiro atoms.